The van der Waals surface area contributed by atoms with Crippen molar-refractivity contribution < 1.29 is 4.79 Å². The molecule has 0 aromatic carbocycles. The van der Waals surface area contributed by atoms with E-state index in [0.717, 1.165) is 12.1 Å². The summed E-state index contributed by atoms with van der Waals surface area (Å²) in [5.41, 5.74) is 0.980. The van der Waals surface area contributed by atoms with Gasteiger partial charge in [0.05, 0.1) is 0 Å². The molecule has 3 heterocycles. The SMILES string of the molecule is O=C(N1C[C@@H]2C[C@H](C1)c1cccc(=O)n1C2)C(Cl)(Cl)Cl. The third kappa shape index (κ3) is 2.45. The zero-order chi connectivity index (χ0) is 14.5. The zero-order valence-corrected chi connectivity index (χ0v) is 12.8. The summed E-state index contributed by atoms with van der Waals surface area (Å²) in [5, 5.41) is 0. The molecule has 20 heavy (non-hydrogen) atoms. The zero-order valence-electron chi connectivity index (χ0n) is 10.6. The Kier molecular flexibility index (Phi) is 3.51. The first-order chi connectivity index (χ1) is 9.36. The number of fused-ring (bicyclic) bond motifs is 4. The Bertz CT molecular complexity index is 608. The smallest absolute Gasteiger partial charge is 0.274 e. The van der Waals surface area contributed by atoms with E-state index < -0.39 is 9.70 Å². The second-order valence-corrected chi connectivity index (χ2v) is 7.69. The summed E-state index contributed by atoms with van der Waals surface area (Å²) in [4.78, 5) is 25.6. The first kappa shape index (κ1) is 14.2. The van der Waals surface area contributed by atoms with E-state index in [1.165, 1.54) is 0 Å². The van der Waals surface area contributed by atoms with E-state index in [9.17, 15) is 9.59 Å². The number of alkyl halides is 3. The first-order valence-electron chi connectivity index (χ1n) is 6.42. The highest BCUT2D eigenvalue weighted by Crippen LogP contribution is 2.37. The van der Waals surface area contributed by atoms with Crippen molar-refractivity contribution in [3.8, 4) is 0 Å². The van der Waals surface area contributed by atoms with Gasteiger partial charge in [-0.2, -0.15) is 0 Å². The number of pyridine rings is 1. The molecule has 1 fully saturated rings. The lowest BCUT2D eigenvalue weighted by Gasteiger charge is -2.43. The summed E-state index contributed by atoms with van der Waals surface area (Å²) in [6.45, 7) is 1.64. The van der Waals surface area contributed by atoms with Gasteiger partial charge in [0, 0.05) is 37.3 Å². The van der Waals surface area contributed by atoms with Crippen molar-refractivity contribution in [2.45, 2.75) is 22.7 Å². The second kappa shape index (κ2) is 4.93. The van der Waals surface area contributed by atoms with Crippen molar-refractivity contribution in [1.82, 2.24) is 9.47 Å². The van der Waals surface area contributed by atoms with Gasteiger partial charge in [0.15, 0.2) is 0 Å². The molecule has 7 heteroatoms. The monoisotopic (exact) mass is 334 g/mol. The van der Waals surface area contributed by atoms with Gasteiger partial charge in [0.1, 0.15) is 0 Å². The van der Waals surface area contributed by atoms with Gasteiger partial charge in [0.25, 0.3) is 15.3 Å². The molecule has 0 spiro atoms. The van der Waals surface area contributed by atoms with Crippen molar-refractivity contribution >= 4 is 40.7 Å². The molecule has 1 saturated heterocycles. The van der Waals surface area contributed by atoms with Crippen LogP contribution in [0.2, 0.25) is 0 Å². The van der Waals surface area contributed by atoms with Crippen LogP contribution in [0.15, 0.2) is 23.0 Å². The van der Waals surface area contributed by atoms with Crippen LogP contribution in [0, 0.1) is 5.92 Å². The number of hydrogen-bond donors (Lipinski definition) is 0. The number of aromatic nitrogens is 1. The molecule has 2 aliphatic heterocycles. The minimum atomic E-state index is -1.91. The number of likely N-dealkylation sites (tertiary alicyclic amines) is 1. The maximum atomic E-state index is 12.1. The van der Waals surface area contributed by atoms with Crippen LogP contribution in [-0.4, -0.2) is 32.3 Å². The molecular formula is C13H13Cl3N2O2. The molecule has 0 unspecified atom stereocenters. The van der Waals surface area contributed by atoms with Crippen LogP contribution in [0.25, 0.3) is 0 Å². The average molecular weight is 336 g/mol. The van der Waals surface area contributed by atoms with Crippen LogP contribution in [-0.2, 0) is 11.3 Å². The van der Waals surface area contributed by atoms with E-state index in [0.29, 0.717) is 19.6 Å². The Labute approximate surface area is 131 Å². The number of carbonyl (C=O) groups excluding carboxylic acids is 1. The average Bonchev–Trinajstić information content (AvgIpc) is 2.38. The van der Waals surface area contributed by atoms with Crippen LogP contribution in [0.1, 0.15) is 18.0 Å². The number of nitrogens with zero attached hydrogens (tertiary/aromatic N) is 2. The minimum Gasteiger partial charge on any atom is -0.338 e. The quantitative estimate of drug-likeness (QED) is 0.682. The Morgan fingerprint density at radius 3 is 2.65 bits per heavy atom. The predicted molar refractivity (Wildman–Crippen MR) is 78.4 cm³/mol. The van der Waals surface area contributed by atoms with Gasteiger partial charge in [-0.15, -0.1) is 0 Å². The van der Waals surface area contributed by atoms with E-state index in [4.69, 9.17) is 34.8 Å². The number of piperidine rings is 1. The van der Waals surface area contributed by atoms with Gasteiger partial charge < -0.3 is 9.47 Å². The van der Waals surface area contributed by atoms with Crippen molar-refractivity contribution in [1.29, 1.82) is 0 Å². The molecule has 3 rings (SSSR count). The molecule has 0 aliphatic carbocycles. The summed E-state index contributed by atoms with van der Waals surface area (Å²) in [6.07, 6.45) is 0.965. The van der Waals surface area contributed by atoms with Crippen molar-refractivity contribution in [3.05, 3.63) is 34.2 Å². The molecule has 0 saturated carbocycles. The number of halogens is 3. The Morgan fingerprint density at radius 2 is 1.95 bits per heavy atom. The molecule has 4 nitrogen and oxygen atoms in total. The first-order valence-corrected chi connectivity index (χ1v) is 7.55. The Morgan fingerprint density at radius 1 is 1.20 bits per heavy atom. The van der Waals surface area contributed by atoms with Crippen LogP contribution in [0.3, 0.4) is 0 Å². The molecular weight excluding hydrogens is 323 g/mol. The highest BCUT2D eigenvalue weighted by Gasteiger charge is 2.41. The molecule has 2 bridgehead atoms. The summed E-state index contributed by atoms with van der Waals surface area (Å²) in [5.74, 6) is -0.116. The van der Waals surface area contributed by atoms with E-state index >= 15 is 0 Å². The number of carbonyl (C=O) groups is 1. The molecule has 1 aromatic heterocycles. The van der Waals surface area contributed by atoms with Crippen molar-refractivity contribution in [2.75, 3.05) is 13.1 Å². The van der Waals surface area contributed by atoms with Crippen LogP contribution in [0.4, 0.5) is 0 Å². The van der Waals surface area contributed by atoms with Crippen molar-refractivity contribution in [3.63, 3.8) is 0 Å². The minimum absolute atomic E-state index is 0.0124. The lowest BCUT2D eigenvalue weighted by molar-refractivity contribution is -0.132. The molecule has 108 valence electrons. The summed E-state index contributed by atoms with van der Waals surface area (Å²) < 4.78 is -0.113. The van der Waals surface area contributed by atoms with E-state index in [2.05, 4.69) is 0 Å². The fraction of sp³-hybridized carbons (Fsp3) is 0.538. The van der Waals surface area contributed by atoms with Gasteiger partial charge in [-0.3, -0.25) is 9.59 Å². The normalized spacial score (nSPS) is 25.2. The van der Waals surface area contributed by atoms with Crippen LogP contribution in [0.5, 0.6) is 0 Å². The summed E-state index contributed by atoms with van der Waals surface area (Å²) >= 11 is 17.1. The molecule has 0 radical (unpaired) electrons. The number of amides is 1. The number of rotatable bonds is 0. The lowest BCUT2D eigenvalue weighted by atomic mass is 9.83. The third-order valence-electron chi connectivity index (χ3n) is 4.01. The second-order valence-electron chi connectivity index (χ2n) is 5.41. The fourth-order valence-electron chi connectivity index (χ4n) is 3.24. The highest BCUT2D eigenvalue weighted by atomic mass is 35.6. The predicted octanol–water partition coefficient (Wildman–Crippen LogP) is 2.16. The number of hydrogen-bond acceptors (Lipinski definition) is 2. The fourth-order valence-corrected chi connectivity index (χ4v) is 3.60. The van der Waals surface area contributed by atoms with Gasteiger partial charge in [-0.1, -0.05) is 40.9 Å². The van der Waals surface area contributed by atoms with Gasteiger partial charge in [-0.25, -0.2) is 0 Å². The lowest BCUT2D eigenvalue weighted by Crippen LogP contribution is -2.51. The van der Waals surface area contributed by atoms with Gasteiger partial charge in [0.2, 0.25) is 0 Å². The Balaban J connectivity index is 1.91. The van der Waals surface area contributed by atoms with Crippen LogP contribution < -0.4 is 5.56 Å². The van der Waals surface area contributed by atoms with Gasteiger partial charge in [-0.05, 0) is 18.4 Å². The van der Waals surface area contributed by atoms with Crippen molar-refractivity contribution in [2.24, 2.45) is 5.92 Å². The molecule has 2 aliphatic rings. The standard InChI is InChI=1S/C13H13Cl3N2O2/c14-13(15,16)12(20)17-5-8-4-9(7-17)10-2-1-3-11(19)18(10)6-8/h1-3,8-9H,4-7H2/t8-,9+/m0/s1. The van der Waals surface area contributed by atoms with Gasteiger partial charge >= 0.3 is 0 Å². The third-order valence-corrected chi connectivity index (χ3v) is 4.49. The molecule has 0 N–H and O–H groups in total. The van der Waals surface area contributed by atoms with E-state index in [1.807, 2.05) is 6.07 Å². The maximum absolute atomic E-state index is 12.1. The maximum Gasteiger partial charge on any atom is 0.274 e. The molecule has 1 amide bonds. The van der Waals surface area contributed by atoms with E-state index in [1.54, 1.807) is 21.6 Å². The van der Waals surface area contributed by atoms with E-state index in [-0.39, 0.29) is 17.4 Å². The molecule has 2 atom stereocenters. The molecule has 1 aromatic rings. The largest absolute Gasteiger partial charge is 0.338 e. The summed E-state index contributed by atoms with van der Waals surface area (Å²) in [6, 6.07) is 5.25. The van der Waals surface area contributed by atoms with Crippen LogP contribution >= 0.6 is 34.8 Å². The topological polar surface area (TPSA) is 42.3 Å². The Hall–Kier alpha value is -0.710. The summed E-state index contributed by atoms with van der Waals surface area (Å²) in [7, 11) is 0. The highest BCUT2D eigenvalue weighted by molar-refractivity contribution is 6.76.